The van der Waals surface area contributed by atoms with Gasteiger partial charge in [-0.3, -0.25) is 15.0 Å². The molecule has 0 amide bonds. The fraction of sp³-hybridized carbons (Fsp3) is 0.125. The van der Waals surface area contributed by atoms with Gasteiger partial charge >= 0.3 is 21.1 Å². The first kappa shape index (κ1) is 29.3. The van der Waals surface area contributed by atoms with Crippen molar-refractivity contribution in [2.45, 2.75) is 34.6 Å². The Balaban J connectivity index is 0.00000324. The van der Waals surface area contributed by atoms with E-state index >= 15 is 0 Å². The molecule has 230 valence electrons. The molecule has 47 heavy (non-hydrogen) atoms. The third kappa shape index (κ3) is 4.31. The average Bonchev–Trinajstić information content (AvgIpc) is 3.62. The number of hydrogen-bond acceptors (Lipinski definition) is 4. The number of nitrogens with zero attached hydrogens (tertiary/aromatic N) is 5. The van der Waals surface area contributed by atoms with Crippen molar-refractivity contribution in [3.05, 3.63) is 125 Å². The van der Waals surface area contributed by atoms with Crippen molar-refractivity contribution in [3.63, 3.8) is 0 Å². The molecule has 5 aromatic heterocycles. The van der Waals surface area contributed by atoms with Crippen molar-refractivity contribution in [2.24, 2.45) is 0 Å². The Bertz CT molecular complexity index is 2720. The minimum atomic E-state index is 0. The molecule has 0 aliphatic carbocycles. The van der Waals surface area contributed by atoms with Gasteiger partial charge in [-0.15, -0.1) is 12.1 Å². The summed E-state index contributed by atoms with van der Waals surface area (Å²) in [5, 5.41) is 5.00. The Kier molecular flexibility index (Phi) is 6.71. The molecule has 0 saturated heterocycles. The number of aryl methyl sites for hydroxylation is 5. The van der Waals surface area contributed by atoms with Gasteiger partial charge in [-0.1, -0.05) is 81.7 Å². The number of fused-ring (bicyclic) bond motifs is 12. The zero-order chi connectivity index (χ0) is 31.3. The van der Waals surface area contributed by atoms with E-state index in [1.165, 1.54) is 22.3 Å². The maximum atomic E-state index is 6.49. The molecule has 0 atom stereocenters. The van der Waals surface area contributed by atoms with Crippen LogP contribution in [0.1, 0.15) is 28.1 Å². The van der Waals surface area contributed by atoms with Crippen molar-refractivity contribution in [1.29, 1.82) is 0 Å². The minimum absolute atomic E-state index is 0. The van der Waals surface area contributed by atoms with E-state index < -0.39 is 0 Å². The van der Waals surface area contributed by atoms with Gasteiger partial charge in [0.25, 0.3) is 0 Å². The molecule has 9 rings (SSSR count). The number of benzene rings is 4. The van der Waals surface area contributed by atoms with E-state index in [1.807, 2.05) is 30.6 Å². The summed E-state index contributed by atoms with van der Waals surface area (Å²) in [4.78, 5) is 14.7. The zero-order valence-electron chi connectivity index (χ0n) is 26.5. The first-order valence-electron chi connectivity index (χ1n) is 15.5. The second-order valence-corrected chi connectivity index (χ2v) is 12.2. The first-order valence-corrected chi connectivity index (χ1v) is 15.5. The maximum absolute atomic E-state index is 6.49. The van der Waals surface area contributed by atoms with Gasteiger partial charge in [0.1, 0.15) is 0 Å². The van der Waals surface area contributed by atoms with E-state index in [2.05, 4.69) is 110 Å². The first-order chi connectivity index (χ1) is 22.4. The van der Waals surface area contributed by atoms with Crippen LogP contribution in [0.2, 0.25) is 0 Å². The normalized spacial score (nSPS) is 11.8. The number of hydrogen-bond donors (Lipinski definition) is 0. The molecule has 0 bridgehead atoms. The Hall–Kier alpha value is -5.06. The van der Waals surface area contributed by atoms with Crippen molar-refractivity contribution in [1.82, 2.24) is 23.8 Å². The molecule has 0 saturated carbocycles. The van der Waals surface area contributed by atoms with Crippen LogP contribution in [0.15, 0.2) is 85.2 Å². The van der Waals surface area contributed by atoms with Gasteiger partial charge in [0.2, 0.25) is 0 Å². The van der Waals surface area contributed by atoms with E-state index in [-0.39, 0.29) is 21.1 Å². The number of rotatable bonds is 3. The van der Waals surface area contributed by atoms with Crippen LogP contribution in [0, 0.1) is 46.8 Å². The smallest absolute Gasteiger partial charge is 0.497 e. The van der Waals surface area contributed by atoms with Crippen LogP contribution >= 0.6 is 0 Å². The number of imidazole rings is 2. The zero-order valence-corrected chi connectivity index (χ0v) is 28.8. The molecule has 0 unspecified atom stereocenters. The predicted molar refractivity (Wildman–Crippen MR) is 185 cm³/mol. The van der Waals surface area contributed by atoms with Crippen LogP contribution in [0.5, 0.6) is 11.5 Å². The van der Waals surface area contributed by atoms with Crippen molar-refractivity contribution in [3.8, 4) is 22.8 Å². The molecule has 0 fully saturated rings. The Morgan fingerprint density at radius 3 is 2.11 bits per heavy atom. The number of ether oxygens (including phenoxy) is 1. The van der Waals surface area contributed by atoms with Gasteiger partial charge in [-0.2, -0.15) is 0 Å². The van der Waals surface area contributed by atoms with E-state index in [0.29, 0.717) is 11.5 Å². The predicted octanol–water partition coefficient (Wildman–Crippen LogP) is 9.59. The van der Waals surface area contributed by atoms with Crippen LogP contribution in [0.3, 0.4) is 0 Å². The van der Waals surface area contributed by atoms with Crippen LogP contribution in [0.4, 0.5) is 0 Å². The van der Waals surface area contributed by atoms with Crippen LogP contribution in [0.25, 0.3) is 66.0 Å². The summed E-state index contributed by atoms with van der Waals surface area (Å²) in [6.45, 7) is 10.6. The molecule has 7 heteroatoms. The third-order valence-corrected chi connectivity index (χ3v) is 9.26. The molecule has 4 aromatic carbocycles. The quantitative estimate of drug-likeness (QED) is 0.132. The molecular weight excluding hydrogens is 762 g/mol. The molecule has 0 radical (unpaired) electrons. The summed E-state index contributed by atoms with van der Waals surface area (Å²) in [5.41, 5.74) is 12.7. The van der Waals surface area contributed by atoms with E-state index in [1.54, 1.807) is 0 Å². The van der Waals surface area contributed by atoms with Gasteiger partial charge < -0.3 is 13.5 Å². The van der Waals surface area contributed by atoms with Gasteiger partial charge in [-0.25, -0.2) is 0 Å². The van der Waals surface area contributed by atoms with Crippen LogP contribution < -0.4 is 4.74 Å². The van der Waals surface area contributed by atoms with Gasteiger partial charge in [-0.05, 0) is 69.3 Å². The van der Waals surface area contributed by atoms with E-state index in [9.17, 15) is 0 Å². The molecular formula is C40H29N5OPt. The Morgan fingerprint density at radius 2 is 1.34 bits per heavy atom. The van der Waals surface area contributed by atoms with Crippen LogP contribution in [-0.2, 0) is 21.1 Å². The third-order valence-electron chi connectivity index (χ3n) is 9.26. The topological polar surface area (TPSA) is 56.7 Å². The summed E-state index contributed by atoms with van der Waals surface area (Å²) in [7, 11) is 0. The van der Waals surface area contributed by atoms with Crippen molar-refractivity contribution in [2.75, 3.05) is 0 Å². The molecule has 0 spiro atoms. The summed E-state index contributed by atoms with van der Waals surface area (Å²) in [6.07, 6.45) is 3.80. The standard InChI is InChI=1S/C40H29N5O.Pt/c1-22-17-23(2)37(24(3)18-22)36-21-42-39-33-20-28(13-15-31(33)38-35(45(36)39)11-8-16-41-38)46-27-12-14-29-30-9-6-7-10-34(30)44-26(5)25(4)43-40(44)32(29)19-27;/h6-18,21H,1-5H3;/q-2;+2. The fourth-order valence-corrected chi connectivity index (χ4v) is 7.25. The summed E-state index contributed by atoms with van der Waals surface area (Å²) >= 11 is 0. The summed E-state index contributed by atoms with van der Waals surface area (Å²) < 4.78 is 10.9. The van der Waals surface area contributed by atoms with Crippen molar-refractivity contribution < 1.29 is 25.8 Å². The number of para-hydroxylation sites is 1. The fourth-order valence-electron chi connectivity index (χ4n) is 7.25. The second-order valence-electron chi connectivity index (χ2n) is 12.2. The number of aromatic nitrogens is 5. The van der Waals surface area contributed by atoms with Gasteiger partial charge in [0.05, 0.1) is 28.0 Å². The largest absolute Gasteiger partial charge is 2.00 e. The van der Waals surface area contributed by atoms with Gasteiger partial charge in [0, 0.05) is 46.4 Å². The van der Waals surface area contributed by atoms with Gasteiger partial charge in [0.15, 0.2) is 0 Å². The molecule has 6 nitrogen and oxygen atoms in total. The molecule has 5 heterocycles. The summed E-state index contributed by atoms with van der Waals surface area (Å²) in [5.74, 6) is 1.18. The molecule has 0 N–H and O–H groups in total. The van der Waals surface area contributed by atoms with Crippen LogP contribution in [-0.4, -0.2) is 23.8 Å². The SMILES string of the molecule is Cc1cc(C)c(-c2cnc3c4[c-]c(Oc5[c-]c6c(cc5)c5ccccc5n5c(C)c(C)nc65)ccc4c4ncccc4n23)c(C)c1.[Pt+2]. The Labute approximate surface area is 285 Å². The molecule has 9 aromatic rings. The molecule has 0 aliphatic rings. The van der Waals surface area contributed by atoms with E-state index in [4.69, 9.17) is 19.7 Å². The maximum Gasteiger partial charge on any atom is 2.00 e. The Morgan fingerprint density at radius 1 is 0.660 bits per heavy atom. The molecule has 0 aliphatic heterocycles. The second kappa shape index (κ2) is 10.7. The summed E-state index contributed by atoms with van der Waals surface area (Å²) in [6, 6.07) is 32.2. The minimum Gasteiger partial charge on any atom is -0.497 e. The van der Waals surface area contributed by atoms with E-state index in [0.717, 1.165) is 71.9 Å². The average molecular weight is 791 g/mol. The van der Waals surface area contributed by atoms with Crippen molar-refractivity contribution >= 4 is 54.8 Å². The monoisotopic (exact) mass is 790 g/mol. The number of pyridine rings is 3.